The largest absolute Gasteiger partial charge is 0.384 e. The third-order valence-electron chi connectivity index (χ3n) is 2.38. The highest BCUT2D eigenvalue weighted by Crippen LogP contribution is 2.23. The summed E-state index contributed by atoms with van der Waals surface area (Å²) >= 11 is 2.28. The molecule has 0 radical (unpaired) electrons. The lowest BCUT2D eigenvalue weighted by atomic mass is 10.1. The fourth-order valence-corrected chi connectivity index (χ4v) is 2.72. The Labute approximate surface area is 122 Å². The van der Waals surface area contributed by atoms with Crippen LogP contribution in [-0.4, -0.2) is 13.1 Å². The maximum absolute atomic E-state index is 5.86. The zero-order valence-corrected chi connectivity index (χ0v) is 13.9. The minimum absolute atomic E-state index is 0.534. The van der Waals surface area contributed by atoms with Gasteiger partial charge in [-0.25, -0.2) is 4.98 Å². The maximum atomic E-state index is 5.86. The molecule has 0 aliphatic carbocycles. The number of para-hydroxylation sites is 1. The number of pyridine rings is 1. The second-order valence-corrected chi connectivity index (χ2v) is 11.1. The van der Waals surface area contributed by atoms with Crippen LogP contribution in [0.3, 0.4) is 0 Å². The van der Waals surface area contributed by atoms with Crippen molar-refractivity contribution in [2.75, 3.05) is 5.73 Å². The molecule has 1 aromatic heterocycles. The van der Waals surface area contributed by atoms with E-state index >= 15 is 0 Å². The van der Waals surface area contributed by atoms with Gasteiger partial charge < -0.3 is 5.73 Å². The van der Waals surface area contributed by atoms with Gasteiger partial charge in [-0.1, -0.05) is 37.7 Å². The lowest BCUT2D eigenvalue weighted by Gasteiger charge is -2.06. The van der Waals surface area contributed by atoms with Crippen LogP contribution >= 0.6 is 22.6 Å². The van der Waals surface area contributed by atoms with E-state index < -0.39 is 8.07 Å². The normalized spacial score (nSPS) is 11.1. The first-order valence-corrected chi connectivity index (χ1v) is 10.3. The number of benzene rings is 1. The zero-order valence-electron chi connectivity index (χ0n) is 10.7. The molecule has 0 saturated carbocycles. The van der Waals surface area contributed by atoms with E-state index in [1.54, 1.807) is 0 Å². The van der Waals surface area contributed by atoms with E-state index in [0.29, 0.717) is 5.82 Å². The molecule has 2 aromatic rings. The molecule has 1 aromatic carbocycles. The van der Waals surface area contributed by atoms with Crippen LogP contribution in [0.5, 0.6) is 0 Å². The summed E-state index contributed by atoms with van der Waals surface area (Å²) in [5.41, 5.74) is 11.2. The van der Waals surface area contributed by atoms with Crippen LogP contribution in [0, 0.1) is 15.0 Å². The van der Waals surface area contributed by atoms with Crippen molar-refractivity contribution >= 4 is 47.4 Å². The van der Waals surface area contributed by atoms with Crippen LogP contribution < -0.4 is 5.73 Å². The summed E-state index contributed by atoms with van der Waals surface area (Å²) in [5.74, 6) is 3.82. The number of nitrogen functional groups attached to an aromatic ring is 1. The van der Waals surface area contributed by atoms with Crippen molar-refractivity contribution < 1.29 is 0 Å². The SMILES string of the molecule is C[Si](C)(C)C#Cc1cc(N)nc2c(I)cccc12. The van der Waals surface area contributed by atoms with Gasteiger partial charge in [0.15, 0.2) is 0 Å². The van der Waals surface area contributed by atoms with Crippen molar-refractivity contribution in [3.8, 4) is 11.5 Å². The Morgan fingerprint density at radius 2 is 2.00 bits per heavy atom. The minimum Gasteiger partial charge on any atom is -0.384 e. The smallest absolute Gasteiger partial charge is 0.129 e. The molecule has 0 bridgehead atoms. The number of fused-ring (bicyclic) bond motifs is 1. The molecule has 18 heavy (non-hydrogen) atoms. The molecule has 2 nitrogen and oxygen atoms in total. The van der Waals surface area contributed by atoms with E-state index in [1.807, 2.05) is 18.2 Å². The molecule has 0 atom stereocenters. The highest BCUT2D eigenvalue weighted by molar-refractivity contribution is 14.1. The molecule has 0 aliphatic rings. The van der Waals surface area contributed by atoms with Gasteiger partial charge in [0, 0.05) is 14.5 Å². The Hall–Kier alpha value is -1.06. The topological polar surface area (TPSA) is 38.9 Å². The van der Waals surface area contributed by atoms with Crippen LogP contribution in [0.1, 0.15) is 5.56 Å². The van der Waals surface area contributed by atoms with Gasteiger partial charge in [-0.3, -0.25) is 0 Å². The van der Waals surface area contributed by atoms with Crippen molar-refractivity contribution in [3.63, 3.8) is 0 Å². The molecule has 0 unspecified atom stereocenters. The van der Waals surface area contributed by atoms with E-state index in [-0.39, 0.29) is 0 Å². The number of aromatic nitrogens is 1. The number of nitrogens with zero attached hydrogens (tertiary/aromatic N) is 1. The highest BCUT2D eigenvalue weighted by atomic mass is 127. The number of hydrogen-bond donors (Lipinski definition) is 1. The van der Waals surface area contributed by atoms with Crippen LogP contribution in [0.15, 0.2) is 24.3 Å². The first-order chi connectivity index (χ1) is 8.37. The van der Waals surface area contributed by atoms with Gasteiger partial charge in [-0.2, -0.15) is 0 Å². The molecule has 2 rings (SSSR count). The Kier molecular flexibility index (Phi) is 3.64. The van der Waals surface area contributed by atoms with E-state index in [4.69, 9.17) is 5.73 Å². The molecule has 1 heterocycles. The molecule has 0 saturated heterocycles. The summed E-state index contributed by atoms with van der Waals surface area (Å²) in [6.45, 7) is 6.70. The van der Waals surface area contributed by atoms with Crippen LogP contribution in [-0.2, 0) is 0 Å². The van der Waals surface area contributed by atoms with Gasteiger partial charge in [0.2, 0.25) is 0 Å². The van der Waals surface area contributed by atoms with E-state index in [0.717, 1.165) is 20.0 Å². The fourth-order valence-electron chi connectivity index (χ4n) is 1.59. The molecule has 0 amide bonds. The lowest BCUT2D eigenvalue weighted by Crippen LogP contribution is -2.16. The van der Waals surface area contributed by atoms with Crippen molar-refractivity contribution in [2.45, 2.75) is 19.6 Å². The third-order valence-corrected chi connectivity index (χ3v) is 4.13. The lowest BCUT2D eigenvalue weighted by molar-refractivity contribution is 1.39. The van der Waals surface area contributed by atoms with Gasteiger partial charge >= 0.3 is 0 Å². The first-order valence-electron chi connectivity index (χ1n) is 5.75. The summed E-state index contributed by atoms with van der Waals surface area (Å²) in [6.07, 6.45) is 0. The summed E-state index contributed by atoms with van der Waals surface area (Å²) in [6, 6.07) is 7.98. The summed E-state index contributed by atoms with van der Waals surface area (Å²) < 4.78 is 1.11. The molecule has 0 spiro atoms. The Bertz CT molecular complexity index is 663. The first kappa shape index (κ1) is 13.4. The predicted molar refractivity (Wildman–Crippen MR) is 89.1 cm³/mol. The summed E-state index contributed by atoms with van der Waals surface area (Å²) in [4.78, 5) is 4.39. The zero-order chi connectivity index (χ0) is 13.3. The van der Waals surface area contributed by atoms with Crippen molar-refractivity contribution in [3.05, 3.63) is 33.4 Å². The number of hydrogen-bond acceptors (Lipinski definition) is 2. The standard InChI is InChI=1S/C14H15IN2Si/c1-18(2,3)8-7-10-9-13(16)17-14-11(10)5-4-6-12(14)15/h4-6,9H,1-3H3,(H2,16,17). The van der Waals surface area contributed by atoms with Gasteiger partial charge in [-0.15, -0.1) is 5.54 Å². The molecule has 4 heteroatoms. The molecule has 0 aliphatic heterocycles. The van der Waals surface area contributed by atoms with Gasteiger partial charge in [-0.05, 0) is 34.7 Å². The second-order valence-electron chi connectivity index (χ2n) is 5.23. The highest BCUT2D eigenvalue weighted by Gasteiger charge is 2.09. The predicted octanol–water partition coefficient (Wildman–Crippen LogP) is 3.65. The fraction of sp³-hybridized carbons (Fsp3) is 0.214. The van der Waals surface area contributed by atoms with Crippen molar-refractivity contribution in [1.29, 1.82) is 0 Å². The number of rotatable bonds is 0. The van der Waals surface area contributed by atoms with Crippen molar-refractivity contribution in [2.24, 2.45) is 0 Å². The second kappa shape index (κ2) is 4.90. The quantitative estimate of drug-likeness (QED) is 0.439. The summed E-state index contributed by atoms with van der Waals surface area (Å²) in [7, 11) is -1.38. The van der Waals surface area contributed by atoms with E-state index in [1.165, 1.54) is 0 Å². The molecule has 92 valence electrons. The maximum Gasteiger partial charge on any atom is 0.129 e. The van der Waals surface area contributed by atoms with Crippen LogP contribution in [0.4, 0.5) is 5.82 Å². The van der Waals surface area contributed by atoms with E-state index in [2.05, 4.69) is 64.7 Å². The Morgan fingerprint density at radius 3 is 2.67 bits per heavy atom. The molecular weight excluding hydrogens is 351 g/mol. The minimum atomic E-state index is -1.38. The number of nitrogens with two attached hydrogens (primary N) is 1. The van der Waals surface area contributed by atoms with Gasteiger partial charge in [0.25, 0.3) is 0 Å². The van der Waals surface area contributed by atoms with Gasteiger partial charge in [0.05, 0.1) is 5.52 Å². The summed E-state index contributed by atoms with van der Waals surface area (Å²) in [5, 5.41) is 1.09. The monoisotopic (exact) mass is 366 g/mol. The van der Waals surface area contributed by atoms with E-state index in [9.17, 15) is 0 Å². The molecule has 0 fully saturated rings. The average Bonchev–Trinajstić information content (AvgIpc) is 2.26. The van der Waals surface area contributed by atoms with Crippen LogP contribution in [0.25, 0.3) is 10.9 Å². The molecule has 2 N–H and O–H groups in total. The Balaban J connectivity index is 2.70. The van der Waals surface area contributed by atoms with Crippen LogP contribution in [0.2, 0.25) is 19.6 Å². The number of halogens is 1. The van der Waals surface area contributed by atoms with Crippen molar-refractivity contribution in [1.82, 2.24) is 4.98 Å². The third kappa shape index (κ3) is 3.03. The average molecular weight is 366 g/mol. The Morgan fingerprint density at radius 1 is 1.28 bits per heavy atom. The number of anilines is 1. The molecular formula is C14H15IN2Si. The van der Waals surface area contributed by atoms with Gasteiger partial charge in [0.1, 0.15) is 13.9 Å².